The van der Waals surface area contributed by atoms with E-state index in [0.29, 0.717) is 12.5 Å². The molecule has 2 saturated heterocycles. The summed E-state index contributed by atoms with van der Waals surface area (Å²) in [6.45, 7) is 5.83. The number of nitrogens with zero attached hydrogens (tertiary/aromatic N) is 2. The second-order valence-electron chi connectivity index (χ2n) is 6.43. The van der Waals surface area contributed by atoms with E-state index in [1.807, 2.05) is 29.2 Å². The maximum absolute atomic E-state index is 12.7. The molecule has 4 rings (SSSR count). The van der Waals surface area contributed by atoms with Crippen molar-refractivity contribution in [2.45, 2.75) is 25.0 Å². The van der Waals surface area contributed by atoms with Crippen LogP contribution in [-0.2, 0) is 11.2 Å². The van der Waals surface area contributed by atoms with Crippen LogP contribution in [0.5, 0.6) is 5.75 Å². The SMILES string of the molecule is O=C(C1Cc2ccccc2O1)N1CCN(C2CCNC2)CC1. The molecule has 0 saturated carbocycles. The van der Waals surface area contributed by atoms with Crippen molar-refractivity contribution >= 4 is 5.91 Å². The Morgan fingerprint density at radius 1 is 1.18 bits per heavy atom. The Balaban J connectivity index is 1.33. The maximum Gasteiger partial charge on any atom is 0.264 e. The highest BCUT2D eigenvalue weighted by atomic mass is 16.5. The number of hydrogen-bond acceptors (Lipinski definition) is 4. The highest BCUT2D eigenvalue weighted by molar-refractivity contribution is 5.82. The number of ether oxygens (including phenoxy) is 1. The molecular weight excluding hydrogens is 278 g/mol. The lowest BCUT2D eigenvalue weighted by Crippen LogP contribution is -2.54. The Hall–Kier alpha value is -1.59. The number of rotatable bonds is 2. The first-order chi connectivity index (χ1) is 10.8. The summed E-state index contributed by atoms with van der Waals surface area (Å²) in [6.07, 6.45) is 1.62. The van der Waals surface area contributed by atoms with Gasteiger partial charge in [0.05, 0.1) is 0 Å². The van der Waals surface area contributed by atoms with Crippen molar-refractivity contribution in [1.29, 1.82) is 0 Å². The van der Waals surface area contributed by atoms with Gasteiger partial charge in [0.1, 0.15) is 5.75 Å². The first-order valence-corrected chi connectivity index (χ1v) is 8.29. The van der Waals surface area contributed by atoms with Gasteiger partial charge >= 0.3 is 0 Å². The molecule has 5 heteroatoms. The number of fused-ring (bicyclic) bond motifs is 1. The largest absolute Gasteiger partial charge is 0.480 e. The molecule has 3 aliphatic heterocycles. The molecule has 2 atom stereocenters. The van der Waals surface area contributed by atoms with Crippen LogP contribution in [0.3, 0.4) is 0 Å². The molecule has 118 valence electrons. The van der Waals surface area contributed by atoms with Crippen LogP contribution in [0.1, 0.15) is 12.0 Å². The van der Waals surface area contributed by atoms with Crippen molar-refractivity contribution in [3.63, 3.8) is 0 Å². The molecule has 2 unspecified atom stereocenters. The second-order valence-corrected chi connectivity index (χ2v) is 6.43. The Morgan fingerprint density at radius 2 is 2.00 bits per heavy atom. The standard InChI is InChI=1S/C17H23N3O2/c21-17(16-11-13-3-1-2-4-15(13)22-16)20-9-7-19(8-10-20)14-5-6-18-12-14/h1-4,14,16,18H,5-12H2. The summed E-state index contributed by atoms with van der Waals surface area (Å²) in [5.41, 5.74) is 1.15. The van der Waals surface area contributed by atoms with Crippen molar-refractivity contribution < 1.29 is 9.53 Å². The summed E-state index contributed by atoms with van der Waals surface area (Å²) in [6, 6.07) is 8.62. The fourth-order valence-corrected chi connectivity index (χ4v) is 3.78. The number of hydrogen-bond donors (Lipinski definition) is 1. The molecule has 1 amide bonds. The predicted octanol–water partition coefficient (Wildman–Crippen LogP) is 0.496. The van der Waals surface area contributed by atoms with Crippen LogP contribution in [-0.4, -0.2) is 67.1 Å². The van der Waals surface area contributed by atoms with Crippen LogP contribution in [0, 0.1) is 0 Å². The van der Waals surface area contributed by atoms with Gasteiger partial charge in [-0.25, -0.2) is 0 Å². The highest BCUT2D eigenvalue weighted by Gasteiger charge is 2.34. The highest BCUT2D eigenvalue weighted by Crippen LogP contribution is 2.29. The van der Waals surface area contributed by atoms with Crippen LogP contribution < -0.4 is 10.1 Å². The first kappa shape index (κ1) is 14.0. The summed E-state index contributed by atoms with van der Waals surface area (Å²) in [7, 11) is 0. The number of carbonyl (C=O) groups is 1. The van der Waals surface area contributed by atoms with Gasteiger partial charge < -0.3 is 15.0 Å². The molecule has 1 N–H and O–H groups in total. The van der Waals surface area contributed by atoms with E-state index < -0.39 is 0 Å². The summed E-state index contributed by atoms with van der Waals surface area (Å²) in [4.78, 5) is 17.2. The fraction of sp³-hybridized carbons (Fsp3) is 0.588. The van der Waals surface area contributed by atoms with Gasteiger partial charge in [-0.15, -0.1) is 0 Å². The quantitative estimate of drug-likeness (QED) is 0.864. The lowest BCUT2D eigenvalue weighted by molar-refractivity contribution is -0.140. The van der Waals surface area contributed by atoms with E-state index in [-0.39, 0.29) is 12.0 Å². The number of carbonyl (C=O) groups excluding carboxylic acids is 1. The topological polar surface area (TPSA) is 44.8 Å². The van der Waals surface area contributed by atoms with Gasteiger partial charge in [0.15, 0.2) is 6.10 Å². The third-order valence-corrected chi connectivity index (χ3v) is 5.10. The Labute approximate surface area is 131 Å². The van der Waals surface area contributed by atoms with Gasteiger partial charge in [0.25, 0.3) is 5.91 Å². The van der Waals surface area contributed by atoms with Crippen molar-refractivity contribution in [3.8, 4) is 5.75 Å². The normalized spacial score (nSPS) is 28.5. The lowest BCUT2D eigenvalue weighted by atomic mass is 10.1. The molecule has 5 nitrogen and oxygen atoms in total. The molecule has 22 heavy (non-hydrogen) atoms. The summed E-state index contributed by atoms with van der Waals surface area (Å²) in [5, 5.41) is 3.42. The summed E-state index contributed by atoms with van der Waals surface area (Å²) >= 11 is 0. The van der Waals surface area contributed by atoms with Crippen LogP contribution >= 0.6 is 0 Å². The van der Waals surface area contributed by atoms with Crippen LogP contribution in [0.15, 0.2) is 24.3 Å². The fourth-order valence-electron chi connectivity index (χ4n) is 3.78. The zero-order valence-corrected chi connectivity index (χ0v) is 12.8. The predicted molar refractivity (Wildman–Crippen MR) is 84.0 cm³/mol. The van der Waals surface area contributed by atoms with E-state index in [9.17, 15) is 4.79 Å². The molecule has 0 bridgehead atoms. The molecule has 3 heterocycles. The number of nitrogens with one attached hydrogen (secondary N) is 1. The molecule has 3 aliphatic rings. The summed E-state index contributed by atoms with van der Waals surface area (Å²) < 4.78 is 5.83. The Bertz CT molecular complexity index is 524. The van der Waals surface area contributed by atoms with Crippen LogP contribution in [0.2, 0.25) is 0 Å². The van der Waals surface area contributed by atoms with E-state index >= 15 is 0 Å². The van der Waals surface area contributed by atoms with Crippen molar-refractivity contribution in [2.75, 3.05) is 39.3 Å². The smallest absolute Gasteiger partial charge is 0.264 e. The third kappa shape index (κ3) is 2.59. The molecule has 1 aromatic rings. The van der Waals surface area contributed by atoms with E-state index in [0.717, 1.165) is 50.6 Å². The van der Waals surface area contributed by atoms with Crippen molar-refractivity contribution in [2.24, 2.45) is 0 Å². The zero-order chi connectivity index (χ0) is 14.9. The molecule has 0 aliphatic carbocycles. The average molecular weight is 301 g/mol. The number of amides is 1. The van der Waals surface area contributed by atoms with E-state index in [1.54, 1.807) is 0 Å². The minimum absolute atomic E-state index is 0.153. The second kappa shape index (κ2) is 5.89. The van der Waals surface area contributed by atoms with Gasteiger partial charge in [-0.2, -0.15) is 0 Å². The van der Waals surface area contributed by atoms with E-state index in [2.05, 4.69) is 10.2 Å². The minimum atomic E-state index is -0.322. The Kier molecular flexibility index (Phi) is 3.76. The van der Waals surface area contributed by atoms with Gasteiger partial charge in [-0.05, 0) is 24.6 Å². The summed E-state index contributed by atoms with van der Waals surface area (Å²) in [5.74, 6) is 1.02. The van der Waals surface area contributed by atoms with Crippen molar-refractivity contribution in [1.82, 2.24) is 15.1 Å². The molecule has 0 spiro atoms. The molecule has 0 aromatic heterocycles. The van der Waals surface area contributed by atoms with Gasteiger partial charge in [0.2, 0.25) is 0 Å². The van der Waals surface area contributed by atoms with Crippen LogP contribution in [0.25, 0.3) is 0 Å². The number of piperazine rings is 1. The number of benzene rings is 1. The monoisotopic (exact) mass is 301 g/mol. The average Bonchev–Trinajstić information content (AvgIpc) is 3.23. The number of para-hydroxylation sites is 1. The molecule has 1 aromatic carbocycles. The van der Waals surface area contributed by atoms with Gasteiger partial charge in [-0.1, -0.05) is 18.2 Å². The Morgan fingerprint density at radius 3 is 2.73 bits per heavy atom. The molecular formula is C17H23N3O2. The molecule has 2 fully saturated rings. The van der Waals surface area contributed by atoms with Crippen LogP contribution in [0.4, 0.5) is 0 Å². The van der Waals surface area contributed by atoms with E-state index in [4.69, 9.17) is 4.74 Å². The first-order valence-electron chi connectivity index (χ1n) is 8.29. The molecule has 0 radical (unpaired) electrons. The lowest BCUT2D eigenvalue weighted by Gasteiger charge is -2.38. The van der Waals surface area contributed by atoms with Gasteiger partial charge in [-0.3, -0.25) is 9.69 Å². The zero-order valence-electron chi connectivity index (χ0n) is 12.8. The van der Waals surface area contributed by atoms with Crippen molar-refractivity contribution in [3.05, 3.63) is 29.8 Å². The minimum Gasteiger partial charge on any atom is -0.480 e. The van der Waals surface area contributed by atoms with E-state index in [1.165, 1.54) is 6.42 Å². The third-order valence-electron chi connectivity index (χ3n) is 5.10. The maximum atomic E-state index is 12.7. The van der Waals surface area contributed by atoms with Gasteiger partial charge in [0, 0.05) is 45.2 Å².